The van der Waals surface area contributed by atoms with Crippen LogP contribution in [0.2, 0.25) is 0 Å². The van der Waals surface area contributed by atoms with Gasteiger partial charge in [0.05, 0.1) is 19.3 Å². The number of fused-ring (bicyclic) bond motifs is 1. The van der Waals surface area contributed by atoms with Crippen molar-refractivity contribution in [3.05, 3.63) is 84.0 Å². The summed E-state index contributed by atoms with van der Waals surface area (Å²) >= 11 is 0. The summed E-state index contributed by atoms with van der Waals surface area (Å²) < 4.78 is 13.0. The van der Waals surface area contributed by atoms with Crippen molar-refractivity contribution in [1.29, 1.82) is 0 Å². The molecule has 3 aromatic heterocycles. The van der Waals surface area contributed by atoms with E-state index in [0.29, 0.717) is 47.0 Å². The van der Waals surface area contributed by atoms with Crippen molar-refractivity contribution >= 4 is 17.7 Å². The van der Waals surface area contributed by atoms with E-state index in [4.69, 9.17) is 14.6 Å². The molecule has 10 nitrogen and oxygen atoms in total. The van der Waals surface area contributed by atoms with Gasteiger partial charge in [0.1, 0.15) is 11.9 Å². The van der Waals surface area contributed by atoms with Crippen LogP contribution in [0.15, 0.2) is 78.4 Å². The van der Waals surface area contributed by atoms with Crippen LogP contribution in [0.4, 0.5) is 11.8 Å². The van der Waals surface area contributed by atoms with E-state index >= 15 is 0 Å². The number of carbonyl (C=O) groups excluding carboxylic acids is 1. The van der Waals surface area contributed by atoms with Crippen LogP contribution in [-0.4, -0.2) is 44.4 Å². The van der Waals surface area contributed by atoms with Gasteiger partial charge >= 0.3 is 0 Å². The third-order valence-corrected chi connectivity index (χ3v) is 5.73. The number of nitrogens with zero attached hydrogens (tertiary/aromatic N) is 5. The lowest BCUT2D eigenvalue weighted by Gasteiger charge is -2.29. The lowest BCUT2D eigenvalue weighted by molar-refractivity contribution is -0.113. The Balaban J connectivity index is 1.63. The molecule has 182 valence electrons. The van der Waals surface area contributed by atoms with Crippen molar-refractivity contribution < 1.29 is 14.3 Å². The number of methoxy groups -OCH3 is 1. The maximum atomic E-state index is 13.6. The number of aromatic nitrogens is 5. The normalized spacial score (nSPS) is 14.6. The van der Waals surface area contributed by atoms with Crippen molar-refractivity contribution in [3.63, 3.8) is 0 Å². The molecule has 0 radical (unpaired) electrons. The number of amides is 1. The van der Waals surface area contributed by atoms with Crippen LogP contribution >= 0.6 is 0 Å². The second-order valence-electron chi connectivity index (χ2n) is 8.02. The molecule has 0 saturated carbocycles. The monoisotopic (exact) mass is 483 g/mol. The van der Waals surface area contributed by atoms with Gasteiger partial charge < -0.3 is 20.1 Å². The highest BCUT2D eigenvalue weighted by molar-refractivity contribution is 6.05. The minimum Gasteiger partial charge on any atom is -0.493 e. The lowest BCUT2D eigenvalue weighted by Crippen LogP contribution is -2.31. The van der Waals surface area contributed by atoms with E-state index in [2.05, 4.69) is 25.6 Å². The zero-order chi connectivity index (χ0) is 25.1. The number of allylic oxidation sites excluding steroid dienone is 1. The van der Waals surface area contributed by atoms with Gasteiger partial charge in [0.25, 0.3) is 5.91 Å². The average molecular weight is 484 g/mol. The fourth-order valence-electron chi connectivity index (χ4n) is 4.12. The van der Waals surface area contributed by atoms with Gasteiger partial charge in [-0.05, 0) is 55.8 Å². The summed E-state index contributed by atoms with van der Waals surface area (Å²) in [6, 6.07) is 14.1. The number of benzene rings is 1. The third kappa shape index (κ3) is 4.36. The largest absolute Gasteiger partial charge is 0.493 e. The lowest BCUT2D eigenvalue weighted by atomic mass is 9.94. The number of anilines is 2. The molecule has 0 spiro atoms. The van der Waals surface area contributed by atoms with Crippen molar-refractivity contribution in [3.8, 4) is 22.9 Å². The molecule has 1 aromatic carbocycles. The summed E-state index contributed by atoms with van der Waals surface area (Å²) in [5, 5.41) is 10.9. The van der Waals surface area contributed by atoms with Gasteiger partial charge in [-0.15, -0.1) is 5.10 Å². The first kappa shape index (κ1) is 23.0. The molecule has 0 bridgehead atoms. The number of hydrogen-bond donors (Lipinski definition) is 2. The van der Waals surface area contributed by atoms with Crippen LogP contribution in [0.3, 0.4) is 0 Å². The molecular formula is C26H25N7O3. The number of hydrogen-bond acceptors (Lipinski definition) is 8. The van der Waals surface area contributed by atoms with Gasteiger partial charge in [0, 0.05) is 29.9 Å². The molecule has 0 fully saturated rings. The Morgan fingerprint density at radius 1 is 1.14 bits per heavy atom. The number of carbonyl (C=O) groups is 1. The molecule has 5 rings (SSSR count). The molecule has 1 amide bonds. The maximum absolute atomic E-state index is 13.6. The third-order valence-electron chi connectivity index (χ3n) is 5.73. The SMILES string of the molecule is CCOc1ccc(C2C(C(=O)Nc3ccccn3)=C(C)Nc3nc(-c4cccnc4)nn32)cc1OC. The highest BCUT2D eigenvalue weighted by Crippen LogP contribution is 2.39. The molecule has 1 aliphatic heterocycles. The van der Waals surface area contributed by atoms with Crippen LogP contribution in [0.1, 0.15) is 25.5 Å². The smallest absolute Gasteiger partial charge is 0.257 e. The number of rotatable bonds is 7. The first-order valence-electron chi connectivity index (χ1n) is 11.5. The molecule has 0 aliphatic carbocycles. The fourth-order valence-corrected chi connectivity index (χ4v) is 4.12. The number of pyridine rings is 2. The number of ether oxygens (including phenoxy) is 2. The van der Waals surface area contributed by atoms with Gasteiger partial charge in [0.15, 0.2) is 17.3 Å². The molecule has 1 unspecified atom stereocenters. The first-order valence-corrected chi connectivity index (χ1v) is 11.5. The standard InChI is InChI=1S/C26H25N7O3/c1-4-36-19-11-10-17(14-20(19)35-3)23-22(25(34)30-21-9-5-6-13-28-21)16(2)29-26-31-24(32-33(23)26)18-8-7-12-27-15-18/h5-15,23H,4H2,1-3H3,(H,28,30,34)(H,29,31,32). The van der Waals surface area contributed by atoms with Crippen molar-refractivity contribution in [2.24, 2.45) is 0 Å². The van der Waals surface area contributed by atoms with Gasteiger partial charge in [-0.25, -0.2) is 9.67 Å². The van der Waals surface area contributed by atoms with Crippen molar-refractivity contribution in [2.45, 2.75) is 19.9 Å². The fraction of sp³-hybridized carbons (Fsp3) is 0.192. The predicted octanol–water partition coefficient (Wildman–Crippen LogP) is 4.07. The molecule has 10 heteroatoms. The van der Waals surface area contributed by atoms with Gasteiger partial charge in [-0.3, -0.25) is 9.78 Å². The molecule has 4 heterocycles. The van der Waals surface area contributed by atoms with E-state index in [-0.39, 0.29) is 5.91 Å². The van der Waals surface area contributed by atoms with E-state index < -0.39 is 6.04 Å². The van der Waals surface area contributed by atoms with Crippen LogP contribution in [0, 0.1) is 0 Å². The first-order chi connectivity index (χ1) is 17.6. The van der Waals surface area contributed by atoms with E-state index in [1.54, 1.807) is 42.5 Å². The van der Waals surface area contributed by atoms with Gasteiger partial charge in [0.2, 0.25) is 5.95 Å². The van der Waals surface area contributed by atoms with Gasteiger partial charge in [-0.1, -0.05) is 12.1 Å². The molecule has 36 heavy (non-hydrogen) atoms. The average Bonchev–Trinajstić information content (AvgIpc) is 3.33. The Kier molecular flexibility index (Phi) is 6.31. The molecule has 2 N–H and O–H groups in total. The minimum absolute atomic E-state index is 0.305. The van der Waals surface area contributed by atoms with E-state index in [1.807, 2.05) is 50.2 Å². The van der Waals surface area contributed by atoms with Crippen molar-refractivity contribution in [2.75, 3.05) is 24.4 Å². The molecule has 1 aliphatic rings. The summed E-state index contributed by atoms with van der Waals surface area (Å²) in [5.41, 5.74) is 2.67. The minimum atomic E-state index is -0.590. The highest BCUT2D eigenvalue weighted by atomic mass is 16.5. The van der Waals surface area contributed by atoms with E-state index in [9.17, 15) is 4.79 Å². The Morgan fingerprint density at radius 2 is 2.03 bits per heavy atom. The van der Waals surface area contributed by atoms with E-state index in [1.165, 1.54) is 0 Å². The quantitative estimate of drug-likeness (QED) is 0.404. The zero-order valence-electron chi connectivity index (χ0n) is 20.1. The summed E-state index contributed by atoms with van der Waals surface area (Å²) in [6.07, 6.45) is 5.02. The predicted molar refractivity (Wildman–Crippen MR) is 135 cm³/mol. The summed E-state index contributed by atoms with van der Waals surface area (Å²) in [4.78, 5) is 26.7. The van der Waals surface area contributed by atoms with E-state index in [0.717, 1.165) is 11.1 Å². The van der Waals surface area contributed by atoms with Crippen molar-refractivity contribution in [1.82, 2.24) is 24.7 Å². The number of nitrogens with one attached hydrogen (secondary N) is 2. The summed E-state index contributed by atoms with van der Waals surface area (Å²) in [5.74, 6) is 2.33. The molecule has 1 atom stereocenters. The molecular weight excluding hydrogens is 458 g/mol. The molecule has 0 saturated heterocycles. The Hall–Kier alpha value is -4.73. The second-order valence-corrected chi connectivity index (χ2v) is 8.02. The topological polar surface area (TPSA) is 116 Å². The zero-order valence-corrected chi connectivity index (χ0v) is 20.1. The highest BCUT2D eigenvalue weighted by Gasteiger charge is 2.35. The summed E-state index contributed by atoms with van der Waals surface area (Å²) in [7, 11) is 1.58. The molecule has 4 aromatic rings. The summed E-state index contributed by atoms with van der Waals surface area (Å²) in [6.45, 7) is 4.25. The second kappa shape index (κ2) is 9.87. The Labute approximate surface area is 208 Å². The van der Waals surface area contributed by atoms with Crippen LogP contribution in [0.25, 0.3) is 11.4 Å². The Morgan fingerprint density at radius 3 is 2.75 bits per heavy atom. The van der Waals surface area contributed by atoms with Gasteiger partial charge in [-0.2, -0.15) is 4.98 Å². The van der Waals surface area contributed by atoms with Crippen LogP contribution in [0.5, 0.6) is 11.5 Å². The Bertz CT molecular complexity index is 1420. The maximum Gasteiger partial charge on any atom is 0.257 e. The van der Waals surface area contributed by atoms with Crippen LogP contribution < -0.4 is 20.1 Å². The van der Waals surface area contributed by atoms with Crippen LogP contribution in [-0.2, 0) is 4.79 Å².